The number of aromatic nitrogens is 6. The first-order valence-electron chi connectivity index (χ1n) is 23.2. The fourth-order valence-electron chi connectivity index (χ4n) is 8.79. The van der Waals surface area contributed by atoms with Crippen molar-refractivity contribution in [1.29, 1.82) is 0 Å². The predicted octanol–water partition coefficient (Wildman–Crippen LogP) is 13.0. The zero-order chi connectivity index (χ0) is 52.0. The van der Waals surface area contributed by atoms with Crippen LogP contribution in [0.15, 0.2) is 95.5 Å². The van der Waals surface area contributed by atoms with Gasteiger partial charge in [-0.25, -0.2) is 37.4 Å². The Morgan fingerprint density at radius 2 is 1.32 bits per heavy atom. The molecule has 9 rings (SSSR count). The number of aliphatic carboxylic acids is 1. The molecular formula is C55H54BrClF2N6O7. The molecule has 5 heterocycles. The van der Waals surface area contributed by atoms with E-state index in [1.807, 2.05) is 88.4 Å². The van der Waals surface area contributed by atoms with Crippen LogP contribution in [-0.2, 0) is 30.2 Å². The lowest BCUT2D eigenvalue weighted by atomic mass is 9.90. The van der Waals surface area contributed by atoms with Gasteiger partial charge in [-0.2, -0.15) is 10.2 Å². The second-order valence-electron chi connectivity index (χ2n) is 19.3. The zero-order valence-corrected chi connectivity index (χ0v) is 43.9. The molecule has 8 aromatic rings. The van der Waals surface area contributed by atoms with E-state index < -0.39 is 41.2 Å². The van der Waals surface area contributed by atoms with Crippen molar-refractivity contribution in [2.75, 3.05) is 13.7 Å². The minimum absolute atomic E-state index is 0.222. The molecule has 1 N–H and O–H groups in total. The summed E-state index contributed by atoms with van der Waals surface area (Å²) in [5.74, 6) is -2.45. The summed E-state index contributed by atoms with van der Waals surface area (Å²) < 4.78 is 56.4. The van der Waals surface area contributed by atoms with Crippen molar-refractivity contribution in [2.24, 2.45) is 0 Å². The first-order valence-corrected chi connectivity index (χ1v) is 24.4. The molecule has 0 amide bonds. The number of nitrogens with zero attached hydrogens (tertiary/aromatic N) is 6. The lowest BCUT2D eigenvalue weighted by Crippen LogP contribution is -2.29. The zero-order valence-electron chi connectivity index (χ0n) is 41.5. The van der Waals surface area contributed by atoms with E-state index in [0.717, 1.165) is 33.1 Å². The van der Waals surface area contributed by atoms with Gasteiger partial charge in [-0.3, -0.25) is 0 Å². The summed E-state index contributed by atoms with van der Waals surface area (Å²) in [6, 6.07) is 26.6. The second kappa shape index (κ2) is 20.5. The highest BCUT2D eigenvalue weighted by Gasteiger charge is 2.37. The number of fused-ring (bicyclic) bond motifs is 3. The molecular weight excluding hydrogens is 1010 g/mol. The SMILES string of the molecule is COC(=O)C(OC(C)(C)C)c1c(C)nc2c(Br)c(-c3ccccc3)nn2c1Cl.Cc1nc2c(-c3ccc(F)cc3)c(-c3ccccc3)nn2c(-c2cc(F)c3c(c2C)CCCO3)c1C(OC(C)(C)C)C(=O)O. The molecule has 0 saturated heterocycles. The number of carboxylic acids is 1. The maximum atomic E-state index is 15.8. The van der Waals surface area contributed by atoms with Gasteiger partial charge in [-0.15, -0.1) is 0 Å². The minimum atomic E-state index is -1.43. The fourth-order valence-corrected chi connectivity index (χ4v) is 9.70. The number of benzene rings is 4. The number of hydrogen-bond acceptors (Lipinski definition) is 10. The van der Waals surface area contributed by atoms with Crippen LogP contribution in [0.5, 0.6) is 5.75 Å². The topological polar surface area (TPSA) is 152 Å². The highest BCUT2D eigenvalue weighted by molar-refractivity contribution is 9.10. The lowest BCUT2D eigenvalue weighted by molar-refractivity contribution is -0.164. The van der Waals surface area contributed by atoms with E-state index >= 15 is 4.39 Å². The van der Waals surface area contributed by atoms with Crippen molar-refractivity contribution in [3.8, 4) is 50.6 Å². The number of ether oxygens (including phenoxy) is 4. The molecule has 0 saturated carbocycles. The van der Waals surface area contributed by atoms with Crippen LogP contribution in [0.3, 0.4) is 0 Å². The molecule has 374 valence electrons. The third kappa shape index (κ3) is 10.4. The molecule has 17 heteroatoms. The van der Waals surface area contributed by atoms with Crippen molar-refractivity contribution in [1.82, 2.24) is 29.2 Å². The maximum Gasteiger partial charge on any atom is 0.339 e. The predicted molar refractivity (Wildman–Crippen MR) is 275 cm³/mol. The number of rotatable bonds is 10. The van der Waals surface area contributed by atoms with Gasteiger partial charge in [0.1, 0.15) is 22.4 Å². The average molecular weight is 1060 g/mol. The van der Waals surface area contributed by atoms with Gasteiger partial charge in [0.15, 0.2) is 35.1 Å². The highest BCUT2D eigenvalue weighted by atomic mass is 79.9. The van der Waals surface area contributed by atoms with Crippen LogP contribution in [-0.4, -0.2) is 71.2 Å². The first kappa shape index (κ1) is 51.8. The van der Waals surface area contributed by atoms with Crippen LogP contribution >= 0.6 is 27.5 Å². The number of carbonyl (C=O) groups excluding carboxylic acids is 1. The van der Waals surface area contributed by atoms with Crippen molar-refractivity contribution in [2.45, 2.75) is 98.6 Å². The largest absolute Gasteiger partial charge is 0.490 e. The molecule has 1 aliphatic rings. The van der Waals surface area contributed by atoms with Crippen LogP contribution in [0, 0.1) is 32.4 Å². The Morgan fingerprint density at radius 3 is 1.90 bits per heavy atom. The summed E-state index contributed by atoms with van der Waals surface area (Å²) in [5.41, 5.74) is 7.82. The number of hydrogen-bond donors (Lipinski definition) is 1. The summed E-state index contributed by atoms with van der Waals surface area (Å²) >= 11 is 10.3. The number of carbonyl (C=O) groups is 2. The van der Waals surface area contributed by atoms with Gasteiger partial charge in [0, 0.05) is 39.2 Å². The molecule has 0 radical (unpaired) electrons. The standard InChI is InChI=1S/C35H33F2N3O4.C20H21BrClN3O3/c1-19-24-12-9-17-43-31(24)26(37)18-25(19)30-27(32(34(41)42)44-35(3,4)5)20(2)38-33-28(21-13-15-23(36)16-14-21)29(39-40(30)33)22-10-7-6-8-11-22;1-11-13(16(19(26)27-5)28-20(2,3)4)17(22)25-18(23-11)14(21)15(24-25)12-9-7-6-8-10-12/h6-8,10-11,13-16,18,32H,9,12,17H2,1-5H3,(H,41,42);6-10,16H,1-5H3. The summed E-state index contributed by atoms with van der Waals surface area (Å²) in [6.07, 6.45) is -1.11. The molecule has 0 aliphatic carbocycles. The quantitative estimate of drug-likeness (QED) is 0.103. The van der Waals surface area contributed by atoms with Crippen LogP contribution in [0.25, 0.3) is 56.2 Å². The summed E-state index contributed by atoms with van der Waals surface area (Å²) in [7, 11) is 1.31. The van der Waals surface area contributed by atoms with Gasteiger partial charge in [-0.1, -0.05) is 84.4 Å². The molecule has 0 spiro atoms. The van der Waals surface area contributed by atoms with E-state index in [-0.39, 0.29) is 22.3 Å². The molecule has 4 aromatic carbocycles. The molecule has 4 aromatic heterocycles. The highest BCUT2D eigenvalue weighted by Crippen LogP contribution is 2.45. The Hall–Kier alpha value is -6.59. The normalized spacial score (nSPS) is 13.5. The van der Waals surface area contributed by atoms with Crippen LogP contribution in [0.1, 0.15) is 93.8 Å². The van der Waals surface area contributed by atoms with E-state index in [1.165, 1.54) is 29.8 Å². The molecule has 0 bridgehead atoms. The molecule has 72 heavy (non-hydrogen) atoms. The smallest absolute Gasteiger partial charge is 0.339 e. The van der Waals surface area contributed by atoms with E-state index in [2.05, 4.69) is 26.0 Å². The molecule has 1 aliphatic heterocycles. The summed E-state index contributed by atoms with van der Waals surface area (Å²) in [6.45, 7) is 16.7. The van der Waals surface area contributed by atoms with Gasteiger partial charge in [0.2, 0.25) is 0 Å². The number of esters is 1. The Kier molecular flexibility index (Phi) is 14.7. The van der Waals surface area contributed by atoms with Gasteiger partial charge in [0.25, 0.3) is 0 Å². The van der Waals surface area contributed by atoms with Gasteiger partial charge in [-0.05, 0) is 120 Å². The van der Waals surface area contributed by atoms with Crippen LogP contribution in [0.4, 0.5) is 8.78 Å². The van der Waals surface area contributed by atoms with Crippen LogP contribution < -0.4 is 4.74 Å². The van der Waals surface area contributed by atoms with Crippen LogP contribution in [0.2, 0.25) is 5.15 Å². The molecule has 0 fully saturated rings. The third-order valence-corrected chi connectivity index (χ3v) is 13.0. The molecule has 2 unspecified atom stereocenters. The maximum absolute atomic E-state index is 15.8. The monoisotopic (exact) mass is 1060 g/mol. The Balaban J connectivity index is 0.000000213. The van der Waals surface area contributed by atoms with E-state index in [9.17, 15) is 19.1 Å². The Labute approximate surface area is 429 Å². The lowest BCUT2D eigenvalue weighted by Gasteiger charge is -2.28. The molecule has 2 atom stereocenters. The number of aryl methyl sites for hydroxylation is 2. The molecule has 13 nitrogen and oxygen atoms in total. The number of halogens is 4. The second-order valence-corrected chi connectivity index (χ2v) is 20.5. The third-order valence-electron chi connectivity index (χ3n) is 11.9. The van der Waals surface area contributed by atoms with E-state index in [1.54, 1.807) is 51.3 Å². The fraction of sp³-hybridized carbons (Fsp3) is 0.309. The van der Waals surface area contributed by atoms with Crippen molar-refractivity contribution in [3.63, 3.8) is 0 Å². The summed E-state index contributed by atoms with van der Waals surface area (Å²) in [5, 5.41) is 20.4. The minimum Gasteiger partial charge on any atom is -0.490 e. The number of methoxy groups -OCH3 is 1. The first-order chi connectivity index (χ1) is 34.1. The van der Waals surface area contributed by atoms with E-state index in [4.69, 9.17) is 40.6 Å². The Bertz CT molecular complexity index is 3350. The van der Waals surface area contributed by atoms with E-state index in [0.29, 0.717) is 75.0 Å². The number of carboxylic acid groups (broad SMARTS) is 1. The average Bonchev–Trinajstić information content (AvgIpc) is 3.88. The Morgan fingerprint density at radius 1 is 0.764 bits per heavy atom. The summed E-state index contributed by atoms with van der Waals surface area (Å²) in [4.78, 5) is 34.9. The van der Waals surface area contributed by atoms with Gasteiger partial charge in [0.05, 0.1) is 46.2 Å². The van der Waals surface area contributed by atoms with Gasteiger partial charge >= 0.3 is 11.9 Å². The van der Waals surface area contributed by atoms with Crippen molar-refractivity contribution in [3.05, 3.63) is 146 Å². The van der Waals surface area contributed by atoms with Crippen molar-refractivity contribution < 1.29 is 42.4 Å². The van der Waals surface area contributed by atoms with Crippen molar-refractivity contribution >= 4 is 50.8 Å². The van der Waals surface area contributed by atoms with Gasteiger partial charge < -0.3 is 24.1 Å².